The van der Waals surface area contributed by atoms with E-state index in [0.29, 0.717) is 17.0 Å². The van der Waals surface area contributed by atoms with Crippen LogP contribution in [0.2, 0.25) is 0 Å². The van der Waals surface area contributed by atoms with E-state index >= 15 is 0 Å². The van der Waals surface area contributed by atoms with Crippen LogP contribution in [0.1, 0.15) is 47.7 Å². The van der Waals surface area contributed by atoms with Crippen LogP contribution in [0.4, 0.5) is 5.69 Å². The van der Waals surface area contributed by atoms with Crippen LogP contribution in [0, 0.1) is 11.3 Å². The second kappa shape index (κ2) is 8.65. The quantitative estimate of drug-likeness (QED) is 0.812. The first kappa shape index (κ1) is 18.2. The molecule has 0 aliphatic rings. The molecule has 0 unspecified atom stereocenters. The number of rotatable bonds is 6. The maximum atomic E-state index is 12.1. The first-order chi connectivity index (χ1) is 12.0. The second-order valence-electron chi connectivity index (χ2n) is 5.71. The summed E-state index contributed by atoms with van der Waals surface area (Å²) in [7, 11) is 0. The summed E-state index contributed by atoms with van der Waals surface area (Å²) in [6.07, 6.45) is 0.959. The summed E-state index contributed by atoms with van der Waals surface area (Å²) < 4.78 is 5.03. The summed E-state index contributed by atoms with van der Waals surface area (Å²) in [4.78, 5) is 24.0. The molecule has 1 N–H and O–H groups in total. The number of nitrogens with one attached hydrogen (secondary N) is 1. The maximum Gasteiger partial charge on any atom is 0.338 e. The molecule has 0 bridgehead atoms. The molecule has 2 aromatic rings. The minimum atomic E-state index is -0.602. The number of nitriles is 1. The summed E-state index contributed by atoms with van der Waals surface area (Å²) >= 11 is 0. The standard InChI is InChI=1S/C20H20N2O3/c1-3-14(2)17-6-4-5-7-18(17)22-19(23)13-25-20(24)16-10-8-15(12-21)9-11-16/h4-11,14H,3,13H2,1-2H3,(H,22,23)/t14-/m1/s1. The number of para-hydroxylation sites is 1. The lowest BCUT2D eigenvalue weighted by Gasteiger charge is -2.15. The Bertz CT molecular complexity index is 791. The van der Waals surface area contributed by atoms with Gasteiger partial charge < -0.3 is 10.1 Å². The Labute approximate surface area is 147 Å². The second-order valence-corrected chi connectivity index (χ2v) is 5.71. The highest BCUT2D eigenvalue weighted by atomic mass is 16.5. The van der Waals surface area contributed by atoms with E-state index < -0.39 is 11.9 Å². The highest BCUT2D eigenvalue weighted by Crippen LogP contribution is 2.26. The summed E-state index contributed by atoms with van der Waals surface area (Å²) in [5, 5.41) is 11.5. The molecule has 128 valence electrons. The molecule has 0 saturated carbocycles. The molecule has 0 fully saturated rings. The largest absolute Gasteiger partial charge is 0.452 e. The van der Waals surface area contributed by atoms with Gasteiger partial charge in [-0.05, 0) is 48.2 Å². The van der Waals surface area contributed by atoms with Crippen LogP contribution in [-0.4, -0.2) is 18.5 Å². The highest BCUT2D eigenvalue weighted by molar-refractivity contribution is 5.96. The molecule has 2 aromatic carbocycles. The van der Waals surface area contributed by atoms with Gasteiger partial charge in [-0.25, -0.2) is 4.79 Å². The van der Waals surface area contributed by atoms with E-state index in [-0.39, 0.29) is 6.61 Å². The number of esters is 1. The molecule has 0 aromatic heterocycles. The summed E-state index contributed by atoms with van der Waals surface area (Å²) in [5.74, 6) is -0.676. The fourth-order valence-corrected chi connectivity index (χ4v) is 2.34. The van der Waals surface area contributed by atoms with Gasteiger partial charge in [0, 0.05) is 5.69 Å². The number of carbonyl (C=O) groups excluding carboxylic acids is 2. The Morgan fingerprint density at radius 1 is 1.16 bits per heavy atom. The number of benzene rings is 2. The third kappa shape index (κ3) is 4.92. The fraction of sp³-hybridized carbons (Fsp3) is 0.250. The molecule has 1 atom stereocenters. The summed E-state index contributed by atoms with van der Waals surface area (Å²) in [6, 6.07) is 15.6. The van der Waals surface area contributed by atoms with Crippen molar-refractivity contribution in [3.05, 3.63) is 65.2 Å². The molecule has 25 heavy (non-hydrogen) atoms. The number of hydrogen-bond acceptors (Lipinski definition) is 4. The van der Waals surface area contributed by atoms with Gasteiger partial charge in [0.2, 0.25) is 0 Å². The van der Waals surface area contributed by atoms with Gasteiger partial charge in [0.1, 0.15) is 0 Å². The molecule has 0 radical (unpaired) electrons. The minimum Gasteiger partial charge on any atom is -0.452 e. The highest BCUT2D eigenvalue weighted by Gasteiger charge is 2.13. The van der Waals surface area contributed by atoms with Crippen molar-refractivity contribution in [2.24, 2.45) is 0 Å². The Hall–Kier alpha value is -3.13. The minimum absolute atomic E-state index is 0.298. The molecule has 5 heteroatoms. The third-order valence-corrected chi connectivity index (χ3v) is 3.96. The molecule has 0 aliphatic carbocycles. The number of ether oxygens (including phenoxy) is 1. The maximum absolute atomic E-state index is 12.1. The van der Waals surface area contributed by atoms with E-state index in [1.165, 1.54) is 24.3 Å². The summed E-state index contributed by atoms with van der Waals surface area (Å²) in [5.41, 5.74) is 2.54. The van der Waals surface area contributed by atoms with E-state index in [0.717, 1.165) is 17.7 Å². The van der Waals surface area contributed by atoms with Crippen LogP contribution in [-0.2, 0) is 9.53 Å². The van der Waals surface area contributed by atoms with Crippen molar-refractivity contribution in [1.82, 2.24) is 0 Å². The van der Waals surface area contributed by atoms with E-state index in [1.54, 1.807) is 0 Å². The number of nitrogens with zero attached hydrogens (tertiary/aromatic N) is 1. The number of amides is 1. The van der Waals surface area contributed by atoms with Gasteiger partial charge in [-0.2, -0.15) is 5.26 Å². The van der Waals surface area contributed by atoms with Crippen LogP contribution in [0.15, 0.2) is 48.5 Å². The first-order valence-electron chi connectivity index (χ1n) is 8.11. The van der Waals surface area contributed by atoms with Gasteiger partial charge in [-0.15, -0.1) is 0 Å². The van der Waals surface area contributed by atoms with E-state index in [9.17, 15) is 9.59 Å². The first-order valence-corrected chi connectivity index (χ1v) is 8.11. The SMILES string of the molecule is CC[C@@H](C)c1ccccc1NC(=O)COC(=O)c1ccc(C#N)cc1. The molecular weight excluding hydrogens is 316 g/mol. The molecule has 2 rings (SSSR count). The average Bonchev–Trinajstić information content (AvgIpc) is 2.66. The zero-order valence-electron chi connectivity index (χ0n) is 14.3. The Kier molecular flexibility index (Phi) is 6.30. The lowest BCUT2D eigenvalue weighted by atomic mass is 9.97. The number of anilines is 1. The predicted octanol–water partition coefficient (Wildman–Crippen LogP) is 3.87. The topological polar surface area (TPSA) is 79.2 Å². The van der Waals surface area contributed by atoms with Gasteiger partial charge in [-0.3, -0.25) is 4.79 Å². The lowest BCUT2D eigenvalue weighted by Crippen LogP contribution is -2.21. The number of hydrogen-bond donors (Lipinski definition) is 1. The van der Waals surface area contributed by atoms with Crippen molar-refractivity contribution in [2.75, 3.05) is 11.9 Å². The molecule has 0 heterocycles. The van der Waals surface area contributed by atoms with Crippen molar-refractivity contribution in [3.63, 3.8) is 0 Å². The van der Waals surface area contributed by atoms with Crippen molar-refractivity contribution >= 4 is 17.6 Å². The lowest BCUT2D eigenvalue weighted by molar-refractivity contribution is -0.119. The van der Waals surface area contributed by atoms with Crippen LogP contribution >= 0.6 is 0 Å². The smallest absolute Gasteiger partial charge is 0.338 e. The van der Waals surface area contributed by atoms with Gasteiger partial charge in [0.15, 0.2) is 6.61 Å². The molecule has 0 saturated heterocycles. The monoisotopic (exact) mass is 336 g/mol. The number of carbonyl (C=O) groups is 2. The average molecular weight is 336 g/mol. The fourth-order valence-electron chi connectivity index (χ4n) is 2.34. The normalized spacial score (nSPS) is 11.2. The Balaban J connectivity index is 1.95. The van der Waals surface area contributed by atoms with Crippen LogP contribution in [0.5, 0.6) is 0 Å². The van der Waals surface area contributed by atoms with Crippen LogP contribution in [0.25, 0.3) is 0 Å². The van der Waals surface area contributed by atoms with Crippen molar-refractivity contribution in [1.29, 1.82) is 5.26 Å². The predicted molar refractivity (Wildman–Crippen MR) is 95.2 cm³/mol. The molecule has 1 amide bonds. The van der Waals surface area contributed by atoms with Crippen LogP contribution < -0.4 is 5.32 Å². The van der Waals surface area contributed by atoms with Crippen LogP contribution in [0.3, 0.4) is 0 Å². The molecule has 5 nitrogen and oxygen atoms in total. The van der Waals surface area contributed by atoms with Gasteiger partial charge >= 0.3 is 5.97 Å². The zero-order valence-corrected chi connectivity index (χ0v) is 14.3. The Morgan fingerprint density at radius 3 is 2.48 bits per heavy atom. The van der Waals surface area contributed by atoms with E-state index in [4.69, 9.17) is 10.00 Å². The van der Waals surface area contributed by atoms with Gasteiger partial charge in [0.25, 0.3) is 5.91 Å². The molecule has 0 aliphatic heterocycles. The van der Waals surface area contributed by atoms with Crippen molar-refractivity contribution in [3.8, 4) is 6.07 Å². The van der Waals surface area contributed by atoms with E-state index in [2.05, 4.69) is 19.2 Å². The third-order valence-electron chi connectivity index (χ3n) is 3.96. The zero-order chi connectivity index (χ0) is 18.2. The molecule has 0 spiro atoms. The Morgan fingerprint density at radius 2 is 1.84 bits per heavy atom. The van der Waals surface area contributed by atoms with Crippen molar-refractivity contribution in [2.45, 2.75) is 26.2 Å². The van der Waals surface area contributed by atoms with E-state index in [1.807, 2.05) is 30.3 Å². The van der Waals surface area contributed by atoms with Gasteiger partial charge in [0.05, 0.1) is 17.2 Å². The van der Waals surface area contributed by atoms with Crippen molar-refractivity contribution < 1.29 is 14.3 Å². The van der Waals surface area contributed by atoms with Gasteiger partial charge in [-0.1, -0.05) is 32.0 Å². The summed E-state index contributed by atoms with van der Waals surface area (Å²) in [6.45, 7) is 3.81. The molecular formula is C20H20N2O3.